The van der Waals surface area contributed by atoms with Gasteiger partial charge in [-0.05, 0) is 31.4 Å². The monoisotopic (exact) mass is 409 g/mol. The molecule has 0 aliphatic heterocycles. The highest BCUT2D eigenvalue weighted by atomic mass is 16.6. The summed E-state index contributed by atoms with van der Waals surface area (Å²) in [6.45, 7) is 0. The molecular weight excluding hydrogens is 390 g/mol. The zero-order valence-corrected chi connectivity index (χ0v) is 16.2. The van der Waals surface area contributed by atoms with Crippen LogP contribution in [0.3, 0.4) is 0 Å². The number of para-hydroxylation sites is 1. The van der Waals surface area contributed by atoms with Crippen molar-refractivity contribution in [2.75, 3.05) is 7.11 Å². The molecule has 0 atom stereocenters. The Balaban J connectivity index is 1.74. The molecule has 2 aromatic carbocycles. The fourth-order valence-corrected chi connectivity index (χ4v) is 3.75. The summed E-state index contributed by atoms with van der Waals surface area (Å²) in [6.07, 6.45) is 4.62. The van der Waals surface area contributed by atoms with Gasteiger partial charge in [0.05, 0.1) is 35.4 Å². The van der Waals surface area contributed by atoms with Crippen molar-refractivity contribution in [1.29, 1.82) is 0 Å². The summed E-state index contributed by atoms with van der Waals surface area (Å²) in [4.78, 5) is 23.1. The second-order valence-corrected chi connectivity index (χ2v) is 6.90. The van der Waals surface area contributed by atoms with E-state index in [9.17, 15) is 20.0 Å². The van der Waals surface area contributed by atoms with Crippen LogP contribution < -0.4 is 10.2 Å². The Hall–Kier alpha value is -3.88. The number of hydrogen-bond acceptors (Lipinski definition) is 7. The Morgan fingerprint density at radius 2 is 2.10 bits per heavy atom. The van der Waals surface area contributed by atoms with E-state index >= 15 is 0 Å². The van der Waals surface area contributed by atoms with Gasteiger partial charge < -0.3 is 14.3 Å². The van der Waals surface area contributed by atoms with Crippen molar-refractivity contribution in [2.24, 2.45) is 5.10 Å². The van der Waals surface area contributed by atoms with Crippen LogP contribution in [0.15, 0.2) is 39.9 Å². The number of nitro benzene ring substituents is 1. The van der Waals surface area contributed by atoms with E-state index in [1.807, 2.05) is 0 Å². The number of furan rings is 1. The molecule has 30 heavy (non-hydrogen) atoms. The SMILES string of the molecule is COc1ccccc1C(=O)N/N=C/c1c(O)c([N+](=O)[O-])cc2oc3c(c12)CCCC3. The molecule has 154 valence electrons. The molecule has 0 saturated carbocycles. The number of nitrogens with zero attached hydrogens (tertiary/aromatic N) is 2. The van der Waals surface area contributed by atoms with Crippen LogP contribution in [0.4, 0.5) is 5.69 Å². The highest BCUT2D eigenvalue weighted by Gasteiger charge is 2.27. The van der Waals surface area contributed by atoms with E-state index < -0.39 is 22.3 Å². The number of amides is 1. The molecule has 1 aliphatic carbocycles. The zero-order valence-electron chi connectivity index (χ0n) is 16.2. The Kier molecular flexibility index (Phi) is 5.09. The van der Waals surface area contributed by atoms with Crippen molar-refractivity contribution in [3.05, 3.63) is 62.9 Å². The highest BCUT2D eigenvalue weighted by Crippen LogP contribution is 2.41. The van der Waals surface area contributed by atoms with Crippen LogP contribution >= 0.6 is 0 Å². The summed E-state index contributed by atoms with van der Waals surface area (Å²) >= 11 is 0. The van der Waals surface area contributed by atoms with Crippen molar-refractivity contribution in [3.63, 3.8) is 0 Å². The van der Waals surface area contributed by atoms with E-state index in [-0.39, 0.29) is 11.1 Å². The number of benzene rings is 2. The highest BCUT2D eigenvalue weighted by molar-refractivity contribution is 6.05. The third-order valence-corrected chi connectivity index (χ3v) is 5.14. The molecule has 2 N–H and O–H groups in total. The second kappa shape index (κ2) is 7.86. The van der Waals surface area contributed by atoms with E-state index in [1.165, 1.54) is 19.4 Å². The van der Waals surface area contributed by atoms with E-state index in [0.29, 0.717) is 16.7 Å². The summed E-state index contributed by atoms with van der Waals surface area (Å²) in [5.41, 5.74) is 3.56. The summed E-state index contributed by atoms with van der Waals surface area (Å²) in [5.74, 6) is 0.120. The normalized spacial score (nSPS) is 13.4. The first-order valence-electron chi connectivity index (χ1n) is 9.42. The summed E-state index contributed by atoms with van der Waals surface area (Å²) < 4.78 is 11.0. The zero-order chi connectivity index (χ0) is 21.3. The molecule has 1 aromatic heterocycles. The number of nitrogens with one attached hydrogen (secondary N) is 1. The fourth-order valence-electron chi connectivity index (χ4n) is 3.75. The van der Waals surface area contributed by atoms with E-state index in [1.54, 1.807) is 24.3 Å². The van der Waals surface area contributed by atoms with Gasteiger partial charge in [0.15, 0.2) is 0 Å². The molecule has 0 unspecified atom stereocenters. The van der Waals surface area contributed by atoms with Gasteiger partial charge in [0.25, 0.3) is 5.91 Å². The lowest BCUT2D eigenvalue weighted by molar-refractivity contribution is -0.385. The number of methoxy groups -OCH3 is 1. The third-order valence-electron chi connectivity index (χ3n) is 5.14. The molecule has 0 spiro atoms. The third kappa shape index (κ3) is 3.34. The molecule has 1 amide bonds. The summed E-state index contributed by atoms with van der Waals surface area (Å²) in [7, 11) is 1.45. The molecule has 1 aliphatic rings. The summed E-state index contributed by atoms with van der Waals surface area (Å²) in [5, 5.41) is 26.4. The van der Waals surface area contributed by atoms with Crippen molar-refractivity contribution in [1.82, 2.24) is 5.43 Å². The number of hydrazone groups is 1. The number of aryl methyl sites for hydroxylation is 2. The van der Waals surface area contributed by atoms with E-state index in [4.69, 9.17) is 9.15 Å². The maximum absolute atomic E-state index is 12.4. The lowest BCUT2D eigenvalue weighted by Gasteiger charge is -2.10. The molecule has 0 bridgehead atoms. The largest absolute Gasteiger partial charge is 0.502 e. The average molecular weight is 409 g/mol. The number of carbonyl (C=O) groups is 1. The predicted molar refractivity (Wildman–Crippen MR) is 109 cm³/mol. The number of rotatable bonds is 5. The van der Waals surface area contributed by atoms with Crippen LogP contribution in [0.5, 0.6) is 11.5 Å². The first-order valence-corrected chi connectivity index (χ1v) is 9.42. The van der Waals surface area contributed by atoms with Gasteiger partial charge in [0.2, 0.25) is 5.75 Å². The van der Waals surface area contributed by atoms with Gasteiger partial charge >= 0.3 is 5.69 Å². The Labute approximate surface area is 171 Å². The number of fused-ring (bicyclic) bond motifs is 3. The number of aromatic hydroxyl groups is 1. The second-order valence-electron chi connectivity index (χ2n) is 6.90. The molecule has 0 fully saturated rings. The smallest absolute Gasteiger partial charge is 0.315 e. The average Bonchev–Trinajstić information content (AvgIpc) is 3.13. The van der Waals surface area contributed by atoms with Crippen molar-refractivity contribution in [3.8, 4) is 11.5 Å². The van der Waals surface area contributed by atoms with E-state index in [0.717, 1.165) is 37.0 Å². The van der Waals surface area contributed by atoms with Gasteiger partial charge in [-0.3, -0.25) is 14.9 Å². The Bertz CT molecular complexity index is 1180. The standard InChI is InChI=1S/C21H19N3O6/c1-29-16-8-4-3-7-13(16)21(26)23-22-11-14-19-12-6-2-5-9-17(12)30-18(19)10-15(20(14)25)24(27)28/h3-4,7-8,10-11,25H,2,5-6,9H2,1H3,(H,23,26)/b22-11+. The number of carbonyl (C=O) groups excluding carboxylic acids is 1. The van der Waals surface area contributed by atoms with Gasteiger partial charge in [-0.15, -0.1) is 0 Å². The lowest BCUT2D eigenvalue weighted by Crippen LogP contribution is -2.18. The van der Waals surface area contributed by atoms with Gasteiger partial charge in [0, 0.05) is 17.4 Å². The topological polar surface area (TPSA) is 127 Å². The molecule has 1 heterocycles. The van der Waals surface area contributed by atoms with Crippen LogP contribution in [0.2, 0.25) is 0 Å². The minimum Gasteiger partial charge on any atom is -0.502 e. The molecule has 0 radical (unpaired) electrons. The van der Waals surface area contributed by atoms with Crippen molar-refractivity contribution >= 4 is 28.8 Å². The molecule has 3 aromatic rings. The number of nitro groups is 1. The Morgan fingerprint density at radius 3 is 2.87 bits per heavy atom. The van der Waals surface area contributed by atoms with E-state index in [2.05, 4.69) is 10.5 Å². The maximum atomic E-state index is 12.4. The molecule has 9 heteroatoms. The summed E-state index contributed by atoms with van der Waals surface area (Å²) in [6, 6.07) is 7.88. The van der Waals surface area contributed by atoms with Crippen LogP contribution in [0.25, 0.3) is 11.0 Å². The van der Waals surface area contributed by atoms with Crippen LogP contribution in [0.1, 0.15) is 40.1 Å². The number of ether oxygens (including phenoxy) is 1. The minimum atomic E-state index is -0.680. The first-order chi connectivity index (χ1) is 14.5. The molecule has 9 nitrogen and oxygen atoms in total. The first kappa shape index (κ1) is 19.4. The minimum absolute atomic E-state index is 0.145. The molecular formula is C21H19N3O6. The van der Waals surface area contributed by atoms with Gasteiger partial charge in [-0.1, -0.05) is 12.1 Å². The molecule has 4 rings (SSSR count). The van der Waals surface area contributed by atoms with Crippen LogP contribution in [-0.2, 0) is 12.8 Å². The van der Waals surface area contributed by atoms with Crippen molar-refractivity contribution in [2.45, 2.75) is 25.7 Å². The number of hydrogen-bond donors (Lipinski definition) is 2. The van der Waals surface area contributed by atoms with Crippen LogP contribution in [0, 0.1) is 10.1 Å². The quantitative estimate of drug-likeness (QED) is 0.376. The lowest BCUT2D eigenvalue weighted by atomic mass is 9.93. The fraction of sp³-hybridized carbons (Fsp3) is 0.238. The van der Waals surface area contributed by atoms with Gasteiger partial charge in [-0.2, -0.15) is 5.10 Å². The van der Waals surface area contributed by atoms with Gasteiger partial charge in [0.1, 0.15) is 17.1 Å². The number of phenols is 1. The molecule has 0 saturated heterocycles. The predicted octanol–water partition coefficient (Wildman–Crippen LogP) is 3.70. The Morgan fingerprint density at radius 1 is 1.33 bits per heavy atom. The maximum Gasteiger partial charge on any atom is 0.315 e. The van der Waals surface area contributed by atoms with Gasteiger partial charge in [-0.25, -0.2) is 5.43 Å². The van der Waals surface area contributed by atoms with Crippen LogP contribution in [-0.4, -0.2) is 29.3 Å². The number of phenolic OH excluding ortho intramolecular Hbond substituents is 1. The van der Waals surface area contributed by atoms with Crippen molar-refractivity contribution < 1.29 is 24.0 Å².